The quantitative estimate of drug-likeness (QED) is 0.654. The lowest BCUT2D eigenvalue weighted by molar-refractivity contribution is 0.414. The Labute approximate surface area is 145 Å². The SMILES string of the molecule is CC(C)(C)NCc1c(Cl)cccc1Oc1ccccc1I. The first-order valence-electron chi connectivity index (χ1n) is 6.81. The van der Waals surface area contributed by atoms with Crippen LogP contribution in [0, 0.1) is 3.57 Å². The van der Waals surface area contributed by atoms with Crippen molar-refractivity contribution in [2.24, 2.45) is 0 Å². The molecule has 0 bridgehead atoms. The van der Waals surface area contributed by atoms with Gasteiger partial charge in [-0.2, -0.15) is 0 Å². The molecule has 0 unspecified atom stereocenters. The van der Waals surface area contributed by atoms with Gasteiger partial charge in [0.05, 0.1) is 3.57 Å². The van der Waals surface area contributed by atoms with Gasteiger partial charge >= 0.3 is 0 Å². The fraction of sp³-hybridized carbons (Fsp3) is 0.294. The molecule has 0 aliphatic rings. The van der Waals surface area contributed by atoms with Gasteiger partial charge < -0.3 is 10.1 Å². The van der Waals surface area contributed by atoms with Crippen molar-refractivity contribution in [2.75, 3.05) is 0 Å². The number of ether oxygens (including phenoxy) is 1. The van der Waals surface area contributed by atoms with E-state index in [9.17, 15) is 0 Å². The minimum absolute atomic E-state index is 0.0254. The average molecular weight is 416 g/mol. The van der Waals surface area contributed by atoms with Gasteiger partial charge in [-0.15, -0.1) is 0 Å². The van der Waals surface area contributed by atoms with Crippen molar-refractivity contribution in [1.29, 1.82) is 0 Å². The van der Waals surface area contributed by atoms with Gasteiger partial charge in [-0.25, -0.2) is 0 Å². The van der Waals surface area contributed by atoms with Crippen LogP contribution >= 0.6 is 34.2 Å². The second-order valence-electron chi connectivity index (χ2n) is 5.85. The van der Waals surface area contributed by atoms with Crippen molar-refractivity contribution in [1.82, 2.24) is 5.32 Å². The van der Waals surface area contributed by atoms with Crippen molar-refractivity contribution in [3.05, 3.63) is 56.6 Å². The van der Waals surface area contributed by atoms with E-state index in [2.05, 4.69) is 48.7 Å². The molecule has 2 rings (SSSR count). The maximum atomic E-state index is 6.34. The number of nitrogens with one attached hydrogen (secondary N) is 1. The molecule has 0 radical (unpaired) electrons. The molecule has 0 fully saturated rings. The van der Waals surface area contributed by atoms with E-state index in [1.807, 2.05) is 42.5 Å². The van der Waals surface area contributed by atoms with Gasteiger partial charge in [0.1, 0.15) is 11.5 Å². The molecular formula is C17H19ClINO. The van der Waals surface area contributed by atoms with Gasteiger partial charge in [-0.3, -0.25) is 0 Å². The maximum Gasteiger partial charge on any atom is 0.140 e. The Morgan fingerprint density at radius 3 is 2.38 bits per heavy atom. The minimum Gasteiger partial charge on any atom is -0.456 e. The molecule has 0 aliphatic heterocycles. The van der Waals surface area contributed by atoms with Crippen LogP contribution in [-0.2, 0) is 6.54 Å². The number of para-hydroxylation sites is 1. The molecule has 21 heavy (non-hydrogen) atoms. The normalized spacial score (nSPS) is 11.5. The molecule has 0 saturated carbocycles. The number of halogens is 2. The predicted octanol–water partition coefficient (Wildman–Crippen LogP) is 5.63. The highest BCUT2D eigenvalue weighted by molar-refractivity contribution is 14.1. The molecule has 0 atom stereocenters. The molecule has 4 heteroatoms. The molecule has 2 aromatic carbocycles. The van der Waals surface area contributed by atoms with Crippen molar-refractivity contribution in [3.63, 3.8) is 0 Å². The van der Waals surface area contributed by atoms with Gasteiger partial charge in [-0.05, 0) is 67.6 Å². The molecule has 0 amide bonds. The summed E-state index contributed by atoms with van der Waals surface area (Å²) in [5.74, 6) is 1.64. The summed E-state index contributed by atoms with van der Waals surface area (Å²) in [4.78, 5) is 0. The van der Waals surface area contributed by atoms with Crippen LogP contribution in [0.25, 0.3) is 0 Å². The molecular weight excluding hydrogens is 397 g/mol. The van der Waals surface area contributed by atoms with E-state index in [1.165, 1.54) is 0 Å². The molecule has 0 aliphatic carbocycles. The zero-order valence-corrected chi connectivity index (χ0v) is 15.3. The van der Waals surface area contributed by atoms with E-state index in [-0.39, 0.29) is 5.54 Å². The van der Waals surface area contributed by atoms with Crippen molar-refractivity contribution in [3.8, 4) is 11.5 Å². The second-order valence-corrected chi connectivity index (χ2v) is 7.42. The van der Waals surface area contributed by atoms with Crippen LogP contribution in [-0.4, -0.2) is 5.54 Å². The molecule has 0 saturated heterocycles. The van der Waals surface area contributed by atoms with Crippen LogP contribution in [0.2, 0.25) is 5.02 Å². The summed E-state index contributed by atoms with van der Waals surface area (Å²) >= 11 is 8.61. The first-order valence-corrected chi connectivity index (χ1v) is 8.27. The summed E-state index contributed by atoms with van der Waals surface area (Å²) < 4.78 is 7.13. The van der Waals surface area contributed by atoms with Gasteiger partial charge in [0.25, 0.3) is 0 Å². The Balaban J connectivity index is 2.27. The second kappa shape index (κ2) is 6.99. The van der Waals surface area contributed by atoms with Crippen molar-refractivity contribution < 1.29 is 4.74 Å². The fourth-order valence-corrected chi connectivity index (χ4v) is 2.54. The molecule has 2 nitrogen and oxygen atoms in total. The van der Waals surface area contributed by atoms with E-state index in [0.717, 1.165) is 25.7 Å². The van der Waals surface area contributed by atoms with E-state index >= 15 is 0 Å². The van der Waals surface area contributed by atoms with Crippen LogP contribution in [0.5, 0.6) is 11.5 Å². The fourth-order valence-electron chi connectivity index (χ4n) is 1.81. The van der Waals surface area contributed by atoms with E-state index in [0.29, 0.717) is 6.54 Å². The zero-order valence-electron chi connectivity index (χ0n) is 12.4. The summed E-state index contributed by atoms with van der Waals surface area (Å²) in [6.07, 6.45) is 0. The third-order valence-corrected chi connectivity index (χ3v) is 4.17. The number of benzene rings is 2. The Hall–Kier alpha value is -0.780. The van der Waals surface area contributed by atoms with Crippen LogP contribution in [0.1, 0.15) is 26.3 Å². The standard InChI is InChI=1S/C17H19ClINO/c1-17(2,3)20-11-12-13(18)7-6-10-15(12)21-16-9-5-4-8-14(16)19/h4-10,20H,11H2,1-3H3. The summed E-state index contributed by atoms with van der Waals surface area (Å²) in [6.45, 7) is 7.06. The average Bonchev–Trinajstić information content (AvgIpc) is 2.39. The van der Waals surface area contributed by atoms with E-state index < -0.39 is 0 Å². The van der Waals surface area contributed by atoms with Crippen LogP contribution in [0.3, 0.4) is 0 Å². The van der Waals surface area contributed by atoms with Gasteiger partial charge in [0, 0.05) is 22.7 Å². The lowest BCUT2D eigenvalue weighted by atomic mass is 10.1. The van der Waals surface area contributed by atoms with Gasteiger partial charge in [-0.1, -0.05) is 29.8 Å². The molecule has 2 aromatic rings. The molecule has 112 valence electrons. The van der Waals surface area contributed by atoms with E-state index in [4.69, 9.17) is 16.3 Å². The third-order valence-electron chi connectivity index (χ3n) is 2.93. The highest BCUT2D eigenvalue weighted by Gasteiger charge is 2.14. The summed E-state index contributed by atoms with van der Waals surface area (Å²) in [7, 11) is 0. The smallest absolute Gasteiger partial charge is 0.140 e. The number of hydrogen-bond donors (Lipinski definition) is 1. The number of hydrogen-bond acceptors (Lipinski definition) is 2. The Bertz CT molecular complexity index is 622. The Morgan fingerprint density at radius 2 is 1.71 bits per heavy atom. The Kier molecular flexibility index (Phi) is 5.52. The lowest BCUT2D eigenvalue weighted by Crippen LogP contribution is -2.35. The van der Waals surface area contributed by atoms with E-state index in [1.54, 1.807) is 0 Å². The number of rotatable bonds is 4. The molecule has 0 heterocycles. The summed E-state index contributed by atoms with van der Waals surface area (Å²) in [6, 6.07) is 13.7. The minimum atomic E-state index is 0.0254. The topological polar surface area (TPSA) is 21.3 Å². The Morgan fingerprint density at radius 1 is 1.05 bits per heavy atom. The highest BCUT2D eigenvalue weighted by Crippen LogP contribution is 2.32. The van der Waals surface area contributed by atoms with Crippen LogP contribution in [0.4, 0.5) is 0 Å². The monoisotopic (exact) mass is 415 g/mol. The van der Waals surface area contributed by atoms with Gasteiger partial charge in [0.15, 0.2) is 0 Å². The molecule has 1 N–H and O–H groups in total. The first-order chi connectivity index (χ1) is 9.87. The maximum absolute atomic E-state index is 6.34. The summed E-state index contributed by atoms with van der Waals surface area (Å²) in [5.41, 5.74) is 1.01. The molecule has 0 spiro atoms. The van der Waals surface area contributed by atoms with Crippen LogP contribution in [0.15, 0.2) is 42.5 Å². The highest BCUT2D eigenvalue weighted by atomic mass is 127. The predicted molar refractivity (Wildman–Crippen MR) is 97.3 cm³/mol. The largest absolute Gasteiger partial charge is 0.456 e. The lowest BCUT2D eigenvalue weighted by Gasteiger charge is -2.22. The van der Waals surface area contributed by atoms with Crippen LogP contribution < -0.4 is 10.1 Å². The van der Waals surface area contributed by atoms with Gasteiger partial charge in [0.2, 0.25) is 0 Å². The molecule has 0 aromatic heterocycles. The zero-order chi connectivity index (χ0) is 15.5. The summed E-state index contributed by atoms with van der Waals surface area (Å²) in [5, 5.41) is 4.17. The van der Waals surface area contributed by atoms with Crippen molar-refractivity contribution >= 4 is 34.2 Å². The van der Waals surface area contributed by atoms with Crippen molar-refractivity contribution in [2.45, 2.75) is 32.9 Å². The first kappa shape index (κ1) is 16.6. The third kappa shape index (κ3) is 4.87.